The summed E-state index contributed by atoms with van der Waals surface area (Å²) >= 11 is 6.22. The standard InChI is InChI=1S/C16H27ClN2O/c1-12(2)19(13(3)4)10-9-18-11-14-15(17)7-6-8-16(14)20-5/h6-8,12-13,18H,9-11H2,1-5H3. The molecule has 0 saturated carbocycles. The van der Waals surface area contributed by atoms with Gasteiger partial charge in [-0.05, 0) is 39.8 Å². The Balaban J connectivity index is 2.49. The largest absolute Gasteiger partial charge is 0.496 e. The molecule has 0 bridgehead atoms. The molecule has 1 rings (SSSR count). The Morgan fingerprint density at radius 2 is 1.85 bits per heavy atom. The summed E-state index contributed by atoms with van der Waals surface area (Å²) in [5.74, 6) is 0.842. The molecule has 3 nitrogen and oxygen atoms in total. The first-order chi connectivity index (χ1) is 9.47. The lowest BCUT2D eigenvalue weighted by atomic mass is 10.2. The first kappa shape index (κ1) is 17.3. The molecule has 0 aliphatic rings. The van der Waals surface area contributed by atoms with Crippen molar-refractivity contribution in [2.75, 3.05) is 20.2 Å². The molecule has 0 unspecified atom stereocenters. The maximum Gasteiger partial charge on any atom is 0.124 e. The van der Waals surface area contributed by atoms with E-state index in [4.69, 9.17) is 16.3 Å². The van der Waals surface area contributed by atoms with Crippen molar-refractivity contribution in [2.24, 2.45) is 0 Å². The van der Waals surface area contributed by atoms with Crippen LogP contribution >= 0.6 is 11.6 Å². The highest BCUT2D eigenvalue weighted by Gasteiger charge is 2.12. The van der Waals surface area contributed by atoms with E-state index in [9.17, 15) is 0 Å². The Labute approximate surface area is 128 Å². The summed E-state index contributed by atoms with van der Waals surface area (Å²) in [6, 6.07) is 6.87. The molecule has 0 amide bonds. The first-order valence-corrected chi connectivity index (χ1v) is 7.63. The molecular weight excluding hydrogens is 272 g/mol. The molecule has 4 heteroatoms. The number of methoxy groups -OCH3 is 1. The van der Waals surface area contributed by atoms with Gasteiger partial charge >= 0.3 is 0 Å². The molecule has 1 aromatic rings. The third kappa shape index (κ3) is 4.97. The van der Waals surface area contributed by atoms with E-state index in [1.807, 2.05) is 18.2 Å². The molecule has 20 heavy (non-hydrogen) atoms. The van der Waals surface area contributed by atoms with Crippen LogP contribution in [0.4, 0.5) is 0 Å². The van der Waals surface area contributed by atoms with E-state index < -0.39 is 0 Å². The van der Waals surface area contributed by atoms with Crippen LogP contribution in [0, 0.1) is 0 Å². The molecular formula is C16H27ClN2O. The lowest BCUT2D eigenvalue weighted by Gasteiger charge is -2.30. The molecule has 0 spiro atoms. The average molecular weight is 299 g/mol. The summed E-state index contributed by atoms with van der Waals surface area (Å²) in [5.41, 5.74) is 1.03. The fourth-order valence-electron chi connectivity index (χ4n) is 2.44. The minimum absolute atomic E-state index is 0.562. The molecule has 1 aromatic carbocycles. The van der Waals surface area contributed by atoms with Gasteiger partial charge in [0.25, 0.3) is 0 Å². The van der Waals surface area contributed by atoms with Gasteiger partial charge in [0, 0.05) is 42.3 Å². The summed E-state index contributed by atoms with van der Waals surface area (Å²) < 4.78 is 5.35. The quantitative estimate of drug-likeness (QED) is 0.743. The molecule has 1 N–H and O–H groups in total. The van der Waals surface area contributed by atoms with Crippen molar-refractivity contribution in [3.05, 3.63) is 28.8 Å². The van der Waals surface area contributed by atoms with E-state index in [1.54, 1.807) is 7.11 Å². The Hall–Kier alpha value is -0.770. The number of hydrogen-bond acceptors (Lipinski definition) is 3. The highest BCUT2D eigenvalue weighted by molar-refractivity contribution is 6.31. The second-order valence-electron chi connectivity index (χ2n) is 5.52. The Kier molecular flexibility index (Phi) is 7.35. The number of nitrogens with one attached hydrogen (secondary N) is 1. The van der Waals surface area contributed by atoms with Crippen molar-refractivity contribution < 1.29 is 4.74 Å². The molecule has 0 atom stereocenters. The Morgan fingerprint density at radius 3 is 2.40 bits per heavy atom. The second-order valence-corrected chi connectivity index (χ2v) is 5.93. The Morgan fingerprint density at radius 1 is 1.20 bits per heavy atom. The van der Waals surface area contributed by atoms with Gasteiger partial charge in [-0.3, -0.25) is 4.90 Å². The van der Waals surface area contributed by atoms with Gasteiger partial charge in [0.05, 0.1) is 7.11 Å². The van der Waals surface area contributed by atoms with Gasteiger partial charge in [-0.25, -0.2) is 0 Å². The van der Waals surface area contributed by atoms with Crippen LogP contribution in [-0.2, 0) is 6.54 Å². The van der Waals surface area contributed by atoms with Crippen molar-refractivity contribution in [1.82, 2.24) is 10.2 Å². The maximum atomic E-state index is 6.22. The van der Waals surface area contributed by atoms with Crippen LogP contribution in [0.2, 0.25) is 5.02 Å². The van der Waals surface area contributed by atoms with Crippen LogP contribution in [0.5, 0.6) is 5.75 Å². The molecule has 114 valence electrons. The summed E-state index contributed by atoms with van der Waals surface area (Å²) in [7, 11) is 1.68. The van der Waals surface area contributed by atoms with Gasteiger partial charge in [-0.1, -0.05) is 17.7 Å². The normalized spacial score (nSPS) is 11.7. The lowest BCUT2D eigenvalue weighted by Crippen LogP contribution is -2.41. The van der Waals surface area contributed by atoms with Gasteiger partial charge in [-0.15, -0.1) is 0 Å². The SMILES string of the molecule is COc1cccc(Cl)c1CNCCN(C(C)C)C(C)C. The minimum Gasteiger partial charge on any atom is -0.496 e. The monoisotopic (exact) mass is 298 g/mol. The van der Waals surface area contributed by atoms with Crippen molar-refractivity contribution in [1.29, 1.82) is 0 Å². The molecule has 0 saturated heterocycles. The lowest BCUT2D eigenvalue weighted by molar-refractivity contribution is 0.175. The van der Waals surface area contributed by atoms with Crippen LogP contribution < -0.4 is 10.1 Å². The van der Waals surface area contributed by atoms with Crippen LogP contribution in [0.25, 0.3) is 0 Å². The zero-order valence-electron chi connectivity index (χ0n) is 13.2. The topological polar surface area (TPSA) is 24.5 Å². The molecule has 0 heterocycles. The summed E-state index contributed by atoms with van der Waals surface area (Å²) in [5, 5.41) is 4.20. The molecule has 0 aromatic heterocycles. The van der Waals surface area contributed by atoms with Crippen LogP contribution in [-0.4, -0.2) is 37.2 Å². The third-order valence-corrected chi connectivity index (χ3v) is 3.83. The smallest absolute Gasteiger partial charge is 0.124 e. The van der Waals surface area contributed by atoms with E-state index in [2.05, 4.69) is 37.9 Å². The summed E-state index contributed by atoms with van der Waals surface area (Å²) in [6.45, 7) is 11.6. The highest BCUT2D eigenvalue weighted by atomic mass is 35.5. The fraction of sp³-hybridized carbons (Fsp3) is 0.625. The van der Waals surface area contributed by atoms with Crippen molar-refractivity contribution in [2.45, 2.75) is 46.3 Å². The van der Waals surface area contributed by atoms with E-state index in [0.29, 0.717) is 12.1 Å². The highest BCUT2D eigenvalue weighted by Crippen LogP contribution is 2.25. The van der Waals surface area contributed by atoms with E-state index in [-0.39, 0.29) is 0 Å². The number of ether oxygens (including phenoxy) is 1. The molecule has 0 aliphatic carbocycles. The van der Waals surface area contributed by atoms with Crippen molar-refractivity contribution >= 4 is 11.6 Å². The molecule has 0 aliphatic heterocycles. The van der Waals surface area contributed by atoms with Gasteiger partial charge < -0.3 is 10.1 Å². The predicted octanol–water partition coefficient (Wildman–Crippen LogP) is 3.56. The van der Waals surface area contributed by atoms with Gasteiger partial charge in [0.1, 0.15) is 5.75 Å². The fourth-order valence-corrected chi connectivity index (χ4v) is 2.67. The van der Waals surface area contributed by atoms with E-state index in [0.717, 1.165) is 36.0 Å². The van der Waals surface area contributed by atoms with Gasteiger partial charge in [-0.2, -0.15) is 0 Å². The maximum absolute atomic E-state index is 6.22. The zero-order valence-corrected chi connectivity index (χ0v) is 14.0. The first-order valence-electron chi connectivity index (χ1n) is 7.25. The number of nitrogens with zero attached hydrogens (tertiary/aromatic N) is 1. The zero-order chi connectivity index (χ0) is 15.1. The van der Waals surface area contributed by atoms with Crippen molar-refractivity contribution in [3.63, 3.8) is 0 Å². The summed E-state index contributed by atoms with van der Waals surface area (Å²) in [6.07, 6.45) is 0. The molecule has 0 fully saturated rings. The van der Waals surface area contributed by atoms with E-state index >= 15 is 0 Å². The van der Waals surface area contributed by atoms with Gasteiger partial charge in [0.2, 0.25) is 0 Å². The number of halogens is 1. The van der Waals surface area contributed by atoms with E-state index in [1.165, 1.54) is 0 Å². The van der Waals surface area contributed by atoms with Gasteiger partial charge in [0.15, 0.2) is 0 Å². The number of rotatable bonds is 8. The van der Waals surface area contributed by atoms with Crippen LogP contribution in [0.3, 0.4) is 0 Å². The number of benzene rings is 1. The third-order valence-electron chi connectivity index (χ3n) is 3.47. The molecule has 0 radical (unpaired) electrons. The van der Waals surface area contributed by atoms with Crippen LogP contribution in [0.15, 0.2) is 18.2 Å². The average Bonchev–Trinajstić information content (AvgIpc) is 2.38. The second kappa shape index (κ2) is 8.50. The number of hydrogen-bond donors (Lipinski definition) is 1. The van der Waals surface area contributed by atoms with Crippen LogP contribution in [0.1, 0.15) is 33.3 Å². The minimum atomic E-state index is 0.562. The summed E-state index contributed by atoms with van der Waals surface area (Å²) in [4.78, 5) is 2.47. The van der Waals surface area contributed by atoms with Crippen molar-refractivity contribution in [3.8, 4) is 5.75 Å². The predicted molar refractivity (Wildman–Crippen MR) is 86.7 cm³/mol. The Bertz CT molecular complexity index is 399.